The van der Waals surface area contributed by atoms with Crippen LogP contribution in [-0.4, -0.2) is 18.9 Å². The molecule has 0 fully saturated rings. The second kappa shape index (κ2) is 6.84. The number of oxime groups is 1. The zero-order chi connectivity index (χ0) is 16.1. The molecular formula is C18H16N2O3. The Morgan fingerprint density at radius 3 is 2.78 bits per heavy atom. The van der Waals surface area contributed by atoms with Crippen LogP contribution in [0.15, 0.2) is 47.6 Å². The summed E-state index contributed by atoms with van der Waals surface area (Å²) < 4.78 is 11.1. The van der Waals surface area contributed by atoms with Crippen LogP contribution in [0.1, 0.15) is 23.6 Å². The minimum atomic E-state index is 0.256. The van der Waals surface area contributed by atoms with Gasteiger partial charge in [-0.2, -0.15) is 5.26 Å². The standard InChI is InChI=1S/C18H16N2O3/c1-13(14-6-7-17-18(10-14)22-9-8-21-17)20-23-12-16-5-3-2-4-15(16)11-19/h2-7,10H,8-9,12H2,1H3/b20-13+. The highest BCUT2D eigenvalue weighted by atomic mass is 16.6. The summed E-state index contributed by atoms with van der Waals surface area (Å²) in [6.45, 7) is 3.24. The fraction of sp³-hybridized carbons (Fsp3) is 0.222. The summed E-state index contributed by atoms with van der Waals surface area (Å²) in [4.78, 5) is 5.39. The van der Waals surface area contributed by atoms with Crippen LogP contribution in [0.2, 0.25) is 0 Å². The second-order valence-electron chi connectivity index (χ2n) is 5.08. The minimum Gasteiger partial charge on any atom is -0.486 e. The van der Waals surface area contributed by atoms with Crippen LogP contribution in [0.5, 0.6) is 11.5 Å². The highest BCUT2D eigenvalue weighted by Crippen LogP contribution is 2.30. The topological polar surface area (TPSA) is 63.8 Å². The summed E-state index contributed by atoms with van der Waals surface area (Å²) >= 11 is 0. The molecule has 0 atom stereocenters. The zero-order valence-electron chi connectivity index (χ0n) is 12.8. The largest absolute Gasteiger partial charge is 0.486 e. The van der Waals surface area contributed by atoms with Crippen LogP contribution in [0, 0.1) is 11.3 Å². The number of nitriles is 1. The van der Waals surface area contributed by atoms with Crippen LogP contribution in [0.4, 0.5) is 0 Å². The molecule has 0 N–H and O–H groups in total. The van der Waals surface area contributed by atoms with E-state index < -0.39 is 0 Å². The maximum Gasteiger partial charge on any atom is 0.162 e. The van der Waals surface area contributed by atoms with Gasteiger partial charge in [0, 0.05) is 11.1 Å². The smallest absolute Gasteiger partial charge is 0.162 e. The van der Waals surface area contributed by atoms with E-state index >= 15 is 0 Å². The second-order valence-corrected chi connectivity index (χ2v) is 5.08. The van der Waals surface area contributed by atoms with Gasteiger partial charge in [0.25, 0.3) is 0 Å². The lowest BCUT2D eigenvalue weighted by atomic mass is 10.1. The maximum atomic E-state index is 9.05. The van der Waals surface area contributed by atoms with E-state index in [1.165, 1.54) is 0 Å². The van der Waals surface area contributed by atoms with Crippen molar-refractivity contribution in [2.75, 3.05) is 13.2 Å². The van der Waals surface area contributed by atoms with Gasteiger partial charge in [-0.25, -0.2) is 0 Å². The van der Waals surface area contributed by atoms with Gasteiger partial charge in [0.15, 0.2) is 11.5 Å². The minimum absolute atomic E-state index is 0.256. The number of hydrogen-bond donors (Lipinski definition) is 0. The third kappa shape index (κ3) is 3.43. The van der Waals surface area contributed by atoms with E-state index in [9.17, 15) is 0 Å². The summed E-state index contributed by atoms with van der Waals surface area (Å²) in [7, 11) is 0. The van der Waals surface area contributed by atoms with Crippen molar-refractivity contribution in [1.82, 2.24) is 0 Å². The fourth-order valence-electron chi connectivity index (χ4n) is 2.27. The molecule has 2 aromatic rings. The Bertz CT molecular complexity index is 778. The molecular weight excluding hydrogens is 292 g/mol. The molecule has 0 unspecified atom stereocenters. The number of nitrogens with zero attached hydrogens (tertiary/aromatic N) is 2. The third-order valence-electron chi connectivity index (χ3n) is 3.52. The van der Waals surface area contributed by atoms with Crippen LogP contribution in [0.3, 0.4) is 0 Å². The van der Waals surface area contributed by atoms with Gasteiger partial charge in [0.05, 0.1) is 17.3 Å². The predicted molar refractivity (Wildman–Crippen MR) is 85.6 cm³/mol. The van der Waals surface area contributed by atoms with Crippen molar-refractivity contribution < 1.29 is 14.3 Å². The fourth-order valence-corrected chi connectivity index (χ4v) is 2.27. The summed E-state index contributed by atoms with van der Waals surface area (Å²) in [5, 5.41) is 13.2. The number of ether oxygens (including phenoxy) is 2. The van der Waals surface area contributed by atoms with Gasteiger partial charge < -0.3 is 14.3 Å². The van der Waals surface area contributed by atoms with E-state index in [0.717, 1.165) is 28.3 Å². The molecule has 5 heteroatoms. The Morgan fingerprint density at radius 1 is 1.17 bits per heavy atom. The summed E-state index contributed by atoms with van der Waals surface area (Å²) in [6, 6.07) is 15.1. The molecule has 5 nitrogen and oxygen atoms in total. The summed E-state index contributed by atoms with van der Waals surface area (Å²) in [5.74, 6) is 1.47. The van der Waals surface area contributed by atoms with Crippen molar-refractivity contribution in [3.8, 4) is 17.6 Å². The SMILES string of the molecule is C/C(=N\OCc1ccccc1C#N)c1ccc2c(c1)OCCO2. The van der Waals surface area contributed by atoms with E-state index in [1.54, 1.807) is 6.07 Å². The van der Waals surface area contributed by atoms with Gasteiger partial charge in [-0.1, -0.05) is 23.4 Å². The van der Waals surface area contributed by atoms with Crippen molar-refractivity contribution >= 4 is 5.71 Å². The van der Waals surface area contributed by atoms with E-state index in [4.69, 9.17) is 19.6 Å². The highest BCUT2D eigenvalue weighted by Gasteiger charge is 2.12. The van der Waals surface area contributed by atoms with Gasteiger partial charge in [0.2, 0.25) is 0 Å². The van der Waals surface area contributed by atoms with Gasteiger partial charge in [0.1, 0.15) is 19.8 Å². The Balaban J connectivity index is 1.69. The normalized spacial score (nSPS) is 13.3. The van der Waals surface area contributed by atoms with Crippen molar-refractivity contribution in [3.63, 3.8) is 0 Å². The molecule has 116 valence electrons. The molecule has 0 radical (unpaired) electrons. The molecule has 3 rings (SSSR count). The summed E-state index contributed by atoms with van der Waals surface area (Å²) in [6.07, 6.45) is 0. The van der Waals surface area contributed by atoms with Crippen molar-refractivity contribution in [3.05, 3.63) is 59.2 Å². The Kier molecular flexibility index (Phi) is 4.44. The Morgan fingerprint density at radius 2 is 1.96 bits per heavy atom. The van der Waals surface area contributed by atoms with Crippen LogP contribution in [-0.2, 0) is 11.4 Å². The molecule has 0 aromatic heterocycles. The molecule has 0 aliphatic carbocycles. The van der Waals surface area contributed by atoms with Crippen LogP contribution >= 0.6 is 0 Å². The molecule has 1 heterocycles. The summed E-state index contributed by atoms with van der Waals surface area (Å²) in [5.41, 5.74) is 3.05. The Hall–Kier alpha value is -3.00. The first kappa shape index (κ1) is 14.9. The average Bonchev–Trinajstić information content (AvgIpc) is 2.61. The molecule has 1 aliphatic heterocycles. The lowest BCUT2D eigenvalue weighted by Crippen LogP contribution is -2.15. The van der Waals surface area contributed by atoms with E-state index in [0.29, 0.717) is 18.8 Å². The number of rotatable bonds is 4. The first-order valence-electron chi connectivity index (χ1n) is 7.32. The van der Waals surface area contributed by atoms with Gasteiger partial charge in [-0.15, -0.1) is 0 Å². The lowest BCUT2D eigenvalue weighted by molar-refractivity contribution is 0.130. The number of hydrogen-bond acceptors (Lipinski definition) is 5. The van der Waals surface area contributed by atoms with Gasteiger partial charge in [-0.05, 0) is 31.2 Å². The molecule has 1 aliphatic rings. The lowest BCUT2D eigenvalue weighted by Gasteiger charge is -2.18. The molecule has 0 saturated carbocycles. The predicted octanol–water partition coefficient (Wildman–Crippen LogP) is 3.27. The quantitative estimate of drug-likeness (QED) is 0.642. The molecule has 0 saturated heterocycles. The Labute approximate surface area is 134 Å². The monoisotopic (exact) mass is 308 g/mol. The molecule has 0 spiro atoms. The van der Waals surface area contributed by atoms with Gasteiger partial charge >= 0.3 is 0 Å². The first-order valence-corrected chi connectivity index (χ1v) is 7.32. The van der Waals surface area contributed by atoms with Gasteiger partial charge in [-0.3, -0.25) is 0 Å². The van der Waals surface area contributed by atoms with E-state index in [-0.39, 0.29) is 6.61 Å². The molecule has 2 aromatic carbocycles. The zero-order valence-corrected chi connectivity index (χ0v) is 12.8. The van der Waals surface area contributed by atoms with E-state index in [1.807, 2.05) is 43.3 Å². The number of fused-ring (bicyclic) bond motifs is 1. The van der Waals surface area contributed by atoms with Crippen molar-refractivity contribution in [2.24, 2.45) is 5.16 Å². The van der Waals surface area contributed by atoms with Crippen molar-refractivity contribution in [2.45, 2.75) is 13.5 Å². The van der Waals surface area contributed by atoms with Crippen LogP contribution in [0.25, 0.3) is 0 Å². The molecule has 0 bridgehead atoms. The number of benzene rings is 2. The van der Waals surface area contributed by atoms with Crippen molar-refractivity contribution in [1.29, 1.82) is 5.26 Å². The van der Waals surface area contributed by atoms with E-state index in [2.05, 4.69) is 11.2 Å². The van der Waals surface area contributed by atoms with Crippen LogP contribution < -0.4 is 9.47 Å². The third-order valence-corrected chi connectivity index (χ3v) is 3.52. The average molecular weight is 308 g/mol. The maximum absolute atomic E-state index is 9.05. The molecule has 0 amide bonds. The highest BCUT2D eigenvalue weighted by molar-refractivity contribution is 5.98. The first-order chi connectivity index (χ1) is 11.3. The molecule has 23 heavy (non-hydrogen) atoms.